The molecule has 0 aliphatic rings. The molecule has 0 amide bonds. The highest BCUT2D eigenvalue weighted by molar-refractivity contribution is 7.13. The van der Waals surface area contributed by atoms with Crippen LogP contribution in [0.5, 0.6) is 5.75 Å². The Hall–Kier alpha value is -2.67. The molecule has 2 aromatic carbocycles. The Morgan fingerprint density at radius 1 is 1.07 bits per heavy atom. The second-order valence-corrected chi connectivity index (χ2v) is 7.66. The number of aliphatic hydroxyl groups excluding tert-OH is 1. The molecule has 0 radical (unpaired) electrons. The Balaban J connectivity index is 1.60. The van der Waals surface area contributed by atoms with Gasteiger partial charge in [0.2, 0.25) is 0 Å². The number of aromatic nitrogens is 2. The Kier molecular flexibility index (Phi) is 5.43. The van der Waals surface area contributed by atoms with Crippen LogP contribution in [0.4, 0.5) is 0 Å². The van der Waals surface area contributed by atoms with Crippen molar-refractivity contribution in [1.29, 1.82) is 0 Å². The summed E-state index contributed by atoms with van der Waals surface area (Å²) in [7, 11) is 0. The monoisotopic (exact) mass is 412 g/mol. The second kappa shape index (κ2) is 8.14. The summed E-state index contributed by atoms with van der Waals surface area (Å²) in [6.45, 7) is 0.0759. The van der Waals surface area contributed by atoms with Gasteiger partial charge in [-0.05, 0) is 41.8 Å². The molecule has 5 nitrogen and oxygen atoms in total. The number of thiophene rings is 1. The first kappa shape index (κ1) is 18.7. The van der Waals surface area contributed by atoms with Crippen LogP contribution in [0.15, 0.2) is 70.8 Å². The lowest BCUT2D eigenvalue weighted by atomic mass is 10.1. The van der Waals surface area contributed by atoms with Crippen molar-refractivity contribution in [2.45, 2.75) is 12.6 Å². The molecule has 142 valence electrons. The third kappa shape index (κ3) is 3.94. The molecule has 7 heteroatoms. The summed E-state index contributed by atoms with van der Waals surface area (Å²) in [4.78, 5) is 13.8. The van der Waals surface area contributed by atoms with E-state index in [0.717, 1.165) is 16.0 Å². The van der Waals surface area contributed by atoms with Gasteiger partial charge in [-0.15, -0.1) is 11.3 Å². The molecule has 0 aliphatic heterocycles. The summed E-state index contributed by atoms with van der Waals surface area (Å²) in [6, 6.07) is 18.2. The van der Waals surface area contributed by atoms with Gasteiger partial charge in [-0.1, -0.05) is 35.9 Å². The van der Waals surface area contributed by atoms with Crippen LogP contribution in [-0.2, 0) is 6.54 Å². The van der Waals surface area contributed by atoms with Gasteiger partial charge in [0.15, 0.2) is 0 Å². The third-order valence-electron chi connectivity index (χ3n) is 4.26. The highest BCUT2D eigenvalue weighted by Gasteiger charge is 2.15. The fourth-order valence-electron chi connectivity index (χ4n) is 2.93. The lowest BCUT2D eigenvalue weighted by Crippen LogP contribution is -2.32. The number of ether oxygens (including phenoxy) is 1. The van der Waals surface area contributed by atoms with Crippen LogP contribution in [0.25, 0.3) is 21.3 Å². The van der Waals surface area contributed by atoms with Gasteiger partial charge in [0.05, 0.1) is 16.8 Å². The lowest BCUT2D eigenvalue weighted by Gasteiger charge is -2.15. The van der Waals surface area contributed by atoms with E-state index in [4.69, 9.17) is 16.3 Å². The summed E-state index contributed by atoms with van der Waals surface area (Å²) in [5, 5.41) is 18.9. The van der Waals surface area contributed by atoms with Gasteiger partial charge in [-0.25, -0.2) is 4.68 Å². The summed E-state index contributed by atoms with van der Waals surface area (Å²) in [5.74, 6) is 0.599. The molecule has 1 N–H and O–H groups in total. The molecule has 4 rings (SSSR count). The molecule has 1 atom stereocenters. The second-order valence-electron chi connectivity index (χ2n) is 6.28. The van der Waals surface area contributed by atoms with E-state index < -0.39 is 6.10 Å². The zero-order valence-electron chi connectivity index (χ0n) is 14.8. The summed E-state index contributed by atoms with van der Waals surface area (Å²) >= 11 is 7.41. The maximum absolute atomic E-state index is 12.8. The lowest BCUT2D eigenvalue weighted by molar-refractivity contribution is 0.0882. The predicted molar refractivity (Wildman–Crippen MR) is 112 cm³/mol. The minimum Gasteiger partial charge on any atom is -0.491 e. The quantitative estimate of drug-likeness (QED) is 0.515. The van der Waals surface area contributed by atoms with E-state index in [0.29, 0.717) is 16.2 Å². The topological polar surface area (TPSA) is 64.4 Å². The van der Waals surface area contributed by atoms with Crippen molar-refractivity contribution in [3.63, 3.8) is 0 Å². The van der Waals surface area contributed by atoms with Gasteiger partial charge >= 0.3 is 0 Å². The van der Waals surface area contributed by atoms with E-state index in [1.165, 1.54) is 4.68 Å². The maximum Gasteiger partial charge on any atom is 0.274 e. The largest absolute Gasteiger partial charge is 0.491 e. The summed E-state index contributed by atoms with van der Waals surface area (Å²) in [5.41, 5.74) is 0.498. The van der Waals surface area contributed by atoms with Crippen molar-refractivity contribution >= 4 is 33.7 Å². The van der Waals surface area contributed by atoms with Gasteiger partial charge in [-0.3, -0.25) is 4.79 Å². The SMILES string of the molecule is O=c1c2ccccc2c(-c2cccs2)nn1C[C@H](O)COc1ccc(Cl)cc1. The highest BCUT2D eigenvalue weighted by atomic mass is 35.5. The first-order valence-electron chi connectivity index (χ1n) is 8.72. The van der Waals surface area contributed by atoms with Gasteiger partial charge in [0, 0.05) is 10.4 Å². The average molecular weight is 413 g/mol. The molecule has 4 aromatic rings. The number of halogens is 1. The minimum absolute atomic E-state index is 0.0373. The van der Waals surface area contributed by atoms with Crippen LogP contribution in [0.1, 0.15) is 0 Å². The molecule has 0 unspecified atom stereocenters. The Morgan fingerprint density at radius 2 is 1.82 bits per heavy atom. The molecule has 0 spiro atoms. The zero-order valence-corrected chi connectivity index (χ0v) is 16.4. The van der Waals surface area contributed by atoms with Crippen molar-refractivity contribution in [3.05, 3.63) is 81.4 Å². The number of hydrogen-bond acceptors (Lipinski definition) is 5. The molecule has 28 heavy (non-hydrogen) atoms. The van der Waals surface area contributed by atoms with E-state index >= 15 is 0 Å². The van der Waals surface area contributed by atoms with Crippen molar-refractivity contribution in [2.24, 2.45) is 0 Å². The number of benzene rings is 2. The number of fused-ring (bicyclic) bond motifs is 1. The van der Waals surface area contributed by atoms with Gasteiger partial charge in [0.1, 0.15) is 24.2 Å². The zero-order chi connectivity index (χ0) is 19.5. The first-order chi connectivity index (χ1) is 13.6. The molecule has 0 fully saturated rings. The highest BCUT2D eigenvalue weighted by Crippen LogP contribution is 2.28. The van der Waals surface area contributed by atoms with Gasteiger partial charge in [0.25, 0.3) is 5.56 Å². The van der Waals surface area contributed by atoms with E-state index in [9.17, 15) is 9.90 Å². The van der Waals surface area contributed by atoms with Crippen LogP contribution in [0.3, 0.4) is 0 Å². The Bertz CT molecular complexity index is 1140. The normalized spacial score (nSPS) is 12.2. The average Bonchev–Trinajstić information content (AvgIpc) is 3.24. The van der Waals surface area contributed by atoms with E-state index in [1.807, 2.05) is 35.7 Å². The van der Waals surface area contributed by atoms with E-state index in [-0.39, 0.29) is 18.7 Å². The number of nitrogens with zero attached hydrogens (tertiary/aromatic N) is 2. The van der Waals surface area contributed by atoms with Gasteiger partial charge in [-0.2, -0.15) is 5.10 Å². The minimum atomic E-state index is -0.891. The summed E-state index contributed by atoms with van der Waals surface area (Å²) < 4.78 is 6.89. The van der Waals surface area contributed by atoms with Crippen molar-refractivity contribution in [2.75, 3.05) is 6.61 Å². The molecule has 0 saturated heterocycles. The van der Waals surface area contributed by atoms with Crippen LogP contribution >= 0.6 is 22.9 Å². The number of rotatable bonds is 6. The molecule has 2 heterocycles. The van der Waals surface area contributed by atoms with Crippen LogP contribution in [-0.4, -0.2) is 27.6 Å². The molecule has 2 aromatic heterocycles. The Labute approximate surface area is 170 Å². The first-order valence-corrected chi connectivity index (χ1v) is 9.98. The third-order valence-corrected chi connectivity index (χ3v) is 5.39. The smallest absolute Gasteiger partial charge is 0.274 e. The van der Waals surface area contributed by atoms with Crippen molar-refractivity contribution in [3.8, 4) is 16.3 Å². The fourth-order valence-corrected chi connectivity index (χ4v) is 3.78. The van der Waals surface area contributed by atoms with Crippen molar-refractivity contribution in [1.82, 2.24) is 9.78 Å². The predicted octanol–water partition coefficient (Wildman–Crippen LogP) is 4.22. The maximum atomic E-state index is 12.8. The standard InChI is InChI=1S/C21H17ClN2O3S/c22-14-7-9-16(10-8-14)27-13-15(25)12-24-21(26)18-5-2-1-4-17(18)20(23-24)19-6-3-11-28-19/h1-11,15,25H,12-13H2/t15-/m0/s1. The number of aliphatic hydroxyl groups is 1. The Morgan fingerprint density at radius 3 is 2.54 bits per heavy atom. The number of hydrogen-bond donors (Lipinski definition) is 1. The molecule has 0 bridgehead atoms. The molecular formula is C21H17ClN2O3S. The van der Waals surface area contributed by atoms with Crippen LogP contribution < -0.4 is 10.3 Å². The molecule has 0 aliphatic carbocycles. The van der Waals surface area contributed by atoms with Gasteiger partial charge < -0.3 is 9.84 Å². The van der Waals surface area contributed by atoms with Crippen LogP contribution in [0.2, 0.25) is 5.02 Å². The van der Waals surface area contributed by atoms with E-state index in [1.54, 1.807) is 41.7 Å². The fraction of sp³-hybridized carbons (Fsp3) is 0.143. The van der Waals surface area contributed by atoms with E-state index in [2.05, 4.69) is 5.10 Å². The summed E-state index contributed by atoms with van der Waals surface area (Å²) in [6.07, 6.45) is -0.891. The van der Waals surface area contributed by atoms with Crippen molar-refractivity contribution < 1.29 is 9.84 Å². The van der Waals surface area contributed by atoms with Crippen LogP contribution in [0, 0.1) is 0 Å². The molecular weight excluding hydrogens is 396 g/mol. The molecule has 0 saturated carbocycles.